The van der Waals surface area contributed by atoms with Crippen LogP contribution in [0.2, 0.25) is 5.02 Å². The molecule has 0 saturated carbocycles. The topological polar surface area (TPSA) is 46.5 Å². The van der Waals surface area contributed by atoms with Gasteiger partial charge in [-0.15, -0.1) is 0 Å². The summed E-state index contributed by atoms with van der Waals surface area (Å²) in [5.74, 6) is -1.75. The van der Waals surface area contributed by atoms with Crippen molar-refractivity contribution in [1.82, 2.24) is 0 Å². The van der Waals surface area contributed by atoms with E-state index in [1.807, 2.05) is 0 Å². The Bertz CT molecular complexity index is 710. The maximum atomic E-state index is 13.6. The Balaban J connectivity index is 2.68. The number of hydrogen-bond acceptors (Lipinski definition) is 3. The van der Waals surface area contributed by atoms with Crippen LogP contribution in [0.1, 0.15) is 15.9 Å². The predicted octanol–water partition coefficient (Wildman–Crippen LogP) is 4.79. The summed E-state index contributed by atoms with van der Waals surface area (Å²) in [6, 6.07) is 8.53. The number of rotatable bonds is 3. The van der Waals surface area contributed by atoms with Crippen LogP contribution < -0.4 is 0 Å². The zero-order chi connectivity index (χ0) is 16.5. The van der Waals surface area contributed by atoms with Crippen LogP contribution in [0.3, 0.4) is 0 Å². The maximum Gasteiger partial charge on any atom is 0.349 e. The molecule has 2 rings (SSSR count). The lowest BCUT2D eigenvalue weighted by Gasteiger charge is -2.16. The normalized spacial score (nSPS) is 11.3. The number of aromatic hydroxyl groups is 1. The molecule has 116 valence electrons. The van der Waals surface area contributed by atoms with Crippen molar-refractivity contribution in [3.63, 3.8) is 0 Å². The molecular weight excluding hydrogens is 337 g/mol. The molecule has 22 heavy (non-hydrogen) atoms. The number of esters is 1. The lowest BCUT2D eigenvalue weighted by Crippen LogP contribution is -2.14. The molecule has 0 aliphatic heterocycles. The second kappa shape index (κ2) is 6.10. The van der Waals surface area contributed by atoms with Crippen LogP contribution in [0, 0.1) is 0 Å². The molecule has 0 atom stereocenters. The summed E-state index contributed by atoms with van der Waals surface area (Å²) in [4.78, 5) is 11.6. The van der Waals surface area contributed by atoms with Gasteiger partial charge in [0.1, 0.15) is 11.3 Å². The van der Waals surface area contributed by atoms with Crippen LogP contribution in [0.4, 0.5) is 8.78 Å². The number of benzene rings is 2. The molecule has 0 aliphatic rings. The Hall–Kier alpha value is -1.85. The zero-order valence-corrected chi connectivity index (χ0v) is 12.8. The lowest BCUT2D eigenvalue weighted by molar-refractivity contribution is 0.0566. The van der Waals surface area contributed by atoms with Crippen molar-refractivity contribution in [3.8, 4) is 16.9 Å². The summed E-state index contributed by atoms with van der Waals surface area (Å²) in [5.41, 5.74) is -0.707. The molecule has 1 N–H and O–H groups in total. The lowest BCUT2D eigenvalue weighted by atomic mass is 9.98. The van der Waals surface area contributed by atoms with Crippen LogP contribution in [0.5, 0.6) is 5.75 Å². The van der Waals surface area contributed by atoms with Crippen LogP contribution in [0.25, 0.3) is 11.1 Å². The molecule has 0 fully saturated rings. The monoisotopic (exact) mass is 346 g/mol. The largest absolute Gasteiger partial charge is 0.507 e. The molecule has 0 radical (unpaired) electrons. The molecular formula is C15H10Cl2F2O3. The van der Waals surface area contributed by atoms with Gasteiger partial charge >= 0.3 is 11.4 Å². The third-order valence-electron chi connectivity index (χ3n) is 2.99. The van der Waals surface area contributed by atoms with Gasteiger partial charge in [-0.1, -0.05) is 23.7 Å². The van der Waals surface area contributed by atoms with E-state index in [1.165, 1.54) is 6.07 Å². The molecule has 2 aromatic rings. The van der Waals surface area contributed by atoms with Gasteiger partial charge in [-0.05, 0) is 47.0 Å². The summed E-state index contributed by atoms with van der Waals surface area (Å²) in [5, 5.41) is 6.56. The number of halogens is 4. The molecule has 0 aromatic heterocycles. The Morgan fingerprint density at radius 2 is 1.77 bits per heavy atom. The zero-order valence-electron chi connectivity index (χ0n) is 11.2. The highest BCUT2D eigenvalue weighted by molar-refractivity contribution is 6.30. The van der Waals surface area contributed by atoms with Gasteiger partial charge in [-0.3, -0.25) is 0 Å². The van der Waals surface area contributed by atoms with Crippen molar-refractivity contribution in [2.45, 2.75) is 5.38 Å². The number of ether oxygens (including phenoxy) is 1. The molecule has 0 amide bonds. The SMILES string of the molecule is COC(=O)c1c(O)cc(-c2ccc(Cl)cc2)cc1C(F)(F)Cl. The van der Waals surface area contributed by atoms with Crippen LogP contribution >= 0.6 is 23.2 Å². The number of carbonyl (C=O) groups excluding carboxylic acids is 1. The van der Waals surface area contributed by atoms with Gasteiger partial charge in [0.15, 0.2) is 0 Å². The smallest absolute Gasteiger partial charge is 0.349 e. The van der Waals surface area contributed by atoms with Crippen molar-refractivity contribution in [1.29, 1.82) is 0 Å². The van der Waals surface area contributed by atoms with Crippen molar-refractivity contribution in [2.24, 2.45) is 0 Å². The average Bonchev–Trinajstić information content (AvgIpc) is 2.45. The Morgan fingerprint density at radius 1 is 1.18 bits per heavy atom. The summed E-state index contributed by atoms with van der Waals surface area (Å²) in [7, 11) is 1.02. The van der Waals surface area contributed by atoms with Crippen LogP contribution in [-0.4, -0.2) is 18.2 Å². The van der Waals surface area contributed by atoms with Gasteiger partial charge in [0.25, 0.3) is 0 Å². The third-order valence-corrected chi connectivity index (χ3v) is 3.45. The first-order valence-electron chi connectivity index (χ1n) is 6.02. The van der Waals surface area contributed by atoms with E-state index >= 15 is 0 Å². The molecule has 7 heteroatoms. The van der Waals surface area contributed by atoms with E-state index in [-0.39, 0.29) is 5.56 Å². The van der Waals surface area contributed by atoms with Crippen LogP contribution in [-0.2, 0) is 10.1 Å². The van der Waals surface area contributed by atoms with Crippen LogP contribution in [0.15, 0.2) is 36.4 Å². The molecule has 0 bridgehead atoms. The Morgan fingerprint density at radius 3 is 2.27 bits per heavy atom. The average molecular weight is 347 g/mol. The van der Waals surface area contributed by atoms with E-state index < -0.39 is 28.2 Å². The van der Waals surface area contributed by atoms with Gasteiger partial charge in [-0.2, -0.15) is 8.78 Å². The summed E-state index contributed by atoms with van der Waals surface area (Å²) in [6.07, 6.45) is 0. The second-order valence-electron chi connectivity index (χ2n) is 4.41. The third kappa shape index (κ3) is 3.31. The highest BCUT2D eigenvalue weighted by Gasteiger charge is 2.35. The van der Waals surface area contributed by atoms with Crippen molar-refractivity contribution in [2.75, 3.05) is 7.11 Å². The van der Waals surface area contributed by atoms with Crippen molar-refractivity contribution in [3.05, 3.63) is 52.5 Å². The van der Waals surface area contributed by atoms with Gasteiger partial charge < -0.3 is 9.84 Å². The maximum absolute atomic E-state index is 13.6. The molecule has 0 heterocycles. The van der Waals surface area contributed by atoms with Gasteiger partial charge in [0.05, 0.1) is 12.7 Å². The first-order chi connectivity index (χ1) is 10.2. The summed E-state index contributed by atoms with van der Waals surface area (Å²) in [6.45, 7) is 0. The van der Waals surface area contributed by atoms with E-state index in [4.69, 9.17) is 23.2 Å². The minimum absolute atomic E-state index is 0.261. The van der Waals surface area contributed by atoms with E-state index in [0.717, 1.165) is 13.2 Å². The fourth-order valence-corrected chi connectivity index (χ4v) is 2.25. The quantitative estimate of drug-likeness (QED) is 0.642. The minimum atomic E-state index is -3.84. The summed E-state index contributed by atoms with van der Waals surface area (Å²) >= 11 is 10.8. The van der Waals surface area contributed by atoms with Gasteiger partial charge in [0.2, 0.25) is 0 Å². The first-order valence-corrected chi connectivity index (χ1v) is 6.78. The first kappa shape index (κ1) is 16.5. The second-order valence-corrected chi connectivity index (χ2v) is 5.33. The minimum Gasteiger partial charge on any atom is -0.507 e. The molecule has 3 nitrogen and oxygen atoms in total. The predicted molar refractivity (Wildman–Crippen MR) is 79.6 cm³/mol. The fraction of sp³-hybridized carbons (Fsp3) is 0.133. The number of phenolic OH excluding ortho intramolecular Hbond substituents is 1. The van der Waals surface area contributed by atoms with Gasteiger partial charge in [0, 0.05) is 5.02 Å². The van der Waals surface area contributed by atoms with Crippen molar-refractivity contribution < 1.29 is 23.4 Å². The standard InChI is InChI=1S/C15H10Cl2F2O3/c1-22-14(21)13-11(15(17,18)19)6-9(7-12(13)20)8-2-4-10(16)5-3-8/h2-7,20H,1H3. The highest BCUT2D eigenvalue weighted by atomic mass is 35.5. The summed E-state index contributed by atoms with van der Waals surface area (Å²) < 4.78 is 31.6. The number of phenols is 1. The number of alkyl halides is 3. The molecule has 0 spiro atoms. The van der Waals surface area contributed by atoms with Crippen molar-refractivity contribution >= 4 is 29.2 Å². The van der Waals surface area contributed by atoms with E-state index in [9.17, 15) is 18.7 Å². The van der Waals surface area contributed by atoms with E-state index in [0.29, 0.717) is 10.6 Å². The Kier molecular flexibility index (Phi) is 4.58. The molecule has 2 aromatic carbocycles. The number of methoxy groups -OCH3 is 1. The number of carbonyl (C=O) groups is 1. The highest BCUT2D eigenvalue weighted by Crippen LogP contribution is 2.41. The van der Waals surface area contributed by atoms with E-state index in [2.05, 4.69) is 4.74 Å². The fourth-order valence-electron chi connectivity index (χ4n) is 1.98. The van der Waals surface area contributed by atoms with E-state index in [1.54, 1.807) is 24.3 Å². The molecule has 0 aliphatic carbocycles. The Labute approximate surface area is 135 Å². The van der Waals surface area contributed by atoms with Gasteiger partial charge in [-0.25, -0.2) is 4.79 Å². The molecule has 0 saturated heterocycles. The molecule has 0 unspecified atom stereocenters. The number of hydrogen-bond donors (Lipinski definition) is 1.